The van der Waals surface area contributed by atoms with Gasteiger partial charge in [-0.3, -0.25) is 9.69 Å². The molecule has 4 heterocycles. The Hall–Kier alpha value is -3.07. The summed E-state index contributed by atoms with van der Waals surface area (Å²) < 4.78 is 39.6. The average Bonchev–Trinajstić information content (AvgIpc) is 3.53. The van der Waals surface area contributed by atoms with Crippen LogP contribution in [0.2, 0.25) is 0 Å². The van der Waals surface area contributed by atoms with Gasteiger partial charge < -0.3 is 16.0 Å². The van der Waals surface area contributed by atoms with E-state index in [4.69, 9.17) is 5.73 Å². The van der Waals surface area contributed by atoms with Crippen molar-refractivity contribution in [3.05, 3.63) is 11.6 Å². The molecular weight excluding hydrogens is 497 g/mol. The SMILES string of the molecule is Nc1nc(N[C@H](C(=O)N2CCN(CC(F)(F)F)CC2)C2CCCCC2)nc2nc(-c3nccs3)nn12. The number of carbonyl (C=O) groups excluding carboxylic acids is 1. The van der Waals surface area contributed by atoms with Gasteiger partial charge in [0.15, 0.2) is 5.01 Å². The summed E-state index contributed by atoms with van der Waals surface area (Å²) in [7, 11) is 0. The number of anilines is 2. The molecule has 5 rings (SSSR count). The minimum Gasteiger partial charge on any atom is -0.368 e. The number of carbonyl (C=O) groups is 1. The number of amides is 1. The van der Waals surface area contributed by atoms with Crippen LogP contribution in [0, 0.1) is 5.92 Å². The number of nitrogens with zero attached hydrogens (tertiary/aromatic N) is 8. The summed E-state index contributed by atoms with van der Waals surface area (Å²) in [6.07, 6.45) is 2.27. The molecule has 0 unspecified atom stereocenters. The third-order valence-electron chi connectivity index (χ3n) is 6.62. The van der Waals surface area contributed by atoms with E-state index in [0.29, 0.717) is 10.8 Å². The second-order valence-corrected chi connectivity index (χ2v) is 10.0. The Morgan fingerprint density at radius 2 is 1.89 bits per heavy atom. The first-order chi connectivity index (χ1) is 17.3. The highest BCUT2D eigenvalue weighted by Crippen LogP contribution is 2.29. The first-order valence-corrected chi connectivity index (χ1v) is 12.8. The zero-order chi connectivity index (χ0) is 25.3. The fourth-order valence-electron chi connectivity index (χ4n) is 4.86. The molecule has 0 bridgehead atoms. The quantitative estimate of drug-likeness (QED) is 0.499. The number of fused-ring (bicyclic) bond motifs is 1. The van der Waals surface area contributed by atoms with Gasteiger partial charge in [-0.2, -0.15) is 32.6 Å². The fraction of sp³-hybridized carbons (Fsp3) is 0.619. The lowest BCUT2D eigenvalue weighted by molar-refractivity contribution is -0.152. The molecule has 0 spiro atoms. The minimum absolute atomic E-state index is 0.0595. The zero-order valence-corrected chi connectivity index (χ0v) is 20.3. The van der Waals surface area contributed by atoms with Crippen LogP contribution in [-0.4, -0.2) is 90.2 Å². The molecule has 0 radical (unpaired) electrons. The van der Waals surface area contributed by atoms with Gasteiger partial charge in [-0.15, -0.1) is 16.4 Å². The van der Waals surface area contributed by atoms with Crippen molar-refractivity contribution in [3.8, 4) is 10.8 Å². The summed E-state index contributed by atoms with van der Waals surface area (Å²) in [5.74, 6) is 0.738. The van der Waals surface area contributed by atoms with Crippen LogP contribution in [0.4, 0.5) is 25.1 Å². The van der Waals surface area contributed by atoms with E-state index in [-0.39, 0.29) is 55.7 Å². The molecule has 2 aliphatic rings. The Kier molecular flexibility index (Phi) is 6.92. The largest absolute Gasteiger partial charge is 0.401 e. The highest BCUT2D eigenvalue weighted by molar-refractivity contribution is 7.13. The molecule has 1 amide bonds. The highest BCUT2D eigenvalue weighted by atomic mass is 32.1. The smallest absolute Gasteiger partial charge is 0.368 e. The van der Waals surface area contributed by atoms with Crippen LogP contribution in [0.5, 0.6) is 0 Å². The zero-order valence-electron chi connectivity index (χ0n) is 19.5. The minimum atomic E-state index is -4.25. The monoisotopic (exact) mass is 524 g/mol. The molecule has 11 nitrogen and oxygen atoms in total. The van der Waals surface area contributed by atoms with E-state index in [1.807, 2.05) is 5.38 Å². The third-order valence-corrected chi connectivity index (χ3v) is 7.38. The number of aromatic nitrogens is 6. The molecule has 3 aromatic rings. The second-order valence-electron chi connectivity index (χ2n) is 9.13. The van der Waals surface area contributed by atoms with Crippen molar-refractivity contribution >= 4 is 34.9 Å². The Morgan fingerprint density at radius 1 is 1.14 bits per heavy atom. The molecule has 1 saturated carbocycles. The van der Waals surface area contributed by atoms with Crippen molar-refractivity contribution < 1.29 is 18.0 Å². The number of thiazole rings is 1. The number of hydrogen-bond acceptors (Lipinski definition) is 10. The number of hydrogen-bond donors (Lipinski definition) is 2. The van der Waals surface area contributed by atoms with E-state index in [9.17, 15) is 18.0 Å². The summed E-state index contributed by atoms with van der Waals surface area (Å²) >= 11 is 1.38. The average molecular weight is 525 g/mol. The maximum Gasteiger partial charge on any atom is 0.401 e. The topological polar surface area (TPSA) is 130 Å². The number of piperazine rings is 1. The van der Waals surface area contributed by atoms with Gasteiger partial charge in [-0.1, -0.05) is 19.3 Å². The van der Waals surface area contributed by atoms with E-state index in [0.717, 1.165) is 32.1 Å². The van der Waals surface area contributed by atoms with Gasteiger partial charge in [0.25, 0.3) is 5.78 Å². The number of nitrogens with two attached hydrogens (primary N) is 1. The number of rotatable bonds is 6. The van der Waals surface area contributed by atoms with Gasteiger partial charge in [-0.25, -0.2) is 4.98 Å². The molecule has 2 fully saturated rings. The molecule has 194 valence electrons. The van der Waals surface area contributed by atoms with Gasteiger partial charge in [0, 0.05) is 37.8 Å². The van der Waals surface area contributed by atoms with E-state index in [1.54, 1.807) is 11.1 Å². The Labute approximate surface area is 208 Å². The van der Waals surface area contributed by atoms with Gasteiger partial charge >= 0.3 is 6.18 Å². The van der Waals surface area contributed by atoms with E-state index in [2.05, 4.69) is 30.4 Å². The number of nitrogen functional groups attached to an aromatic ring is 1. The standard InChI is InChI=1S/C21H27F3N10OS/c22-21(23,24)12-32-7-9-33(10-8-32)17(35)14(13-4-2-1-3-5-13)27-19-29-18(25)34-20(30-19)28-15(31-34)16-26-6-11-36-16/h6,11,13-14H,1-5,7-10,12H2,(H3,25,27,28,29,30,31)/t14-/m0/s1. The van der Waals surface area contributed by atoms with Crippen molar-refractivity contribution in [1.29, 1.82) is 0 Å². The molecule has 0 aromatic carbocycles. The van der Waals surface area contributed by atoms with Crippen molar-refractivity contribution in [2.75, 3.05) is 43.8 Å². The third kappa shape index (κ3) is 5.51. The summed E-state index contributed by atoms with van der Waals surface area (Å²) in [5.41, 5.74) is 6.12. The molecular formula is C21H27F3N10OS. The van der Waals surface area contributed by atoms with Crippen molar-refractivity contribution in [2.24, 2.45) is 5.92 Å². The van der Waals surface area contributed by atoms with Gasteiger partial charge in [0.2, 0.25) is 23.6 Å². The van der Waals surface area contributed by atoms with E-state index in [1.165, 1.54) is 20.8 Å². The first-order valence-electron chi connectivity index (χ1n) is 11.9. The van der Waals surface area contributed by atoms with Gasteiger partial charge in [-0.05, 0) is 18.8 Å². The van der Waals surface area contributed by atoms with Crippen LogP contribution >= 0.6 is 11.3 Å². The van der Waals surface area contributed by atoms with Crippen molar-refractivity contribution in [3.63, 3.8) is 0 Å². The lowest BCUT2D eigenvalue weighted by Gasteiger charge is -2.39. The number of nitrogens with one attached hydrogen (secondary N) is 1. The molecule has 1 aliphatic carbocycles. The van der Waals surface area contributed by atoms with Crippen LogP contribution in [0.3, 0.4) is 0 Å². The normalized spacial score (nSPS) is 19.0. The van der Waals surface area contributed by atoms with E-state index < -0.39 is 18.8 Å². The van der Waals surface area contributed by atoms with Crippen LogP contribution in [0.1, 0.15) is 32.1 Å². The highest BCUT2D eigenvalue weighted by Gasteiger charge is 2.37. The predicted molar refractivity (Wildman–Crippen MR) is 127 cm³/mol. The summed E-state index contributed by atoms with van der Waals surface area (Å²) in [5, 5.41) is 9.94. The first kappa shape index (κ1) is 24.6. The molecule has 15 heteroatoms. The summed E-state index contributed by atoms with van der Waals surface area (Å²) in [6, 6.07) is -0.609. The Morgan fingerprint density at radius 3 is 2.56 bits per heavy atom. The van der Waals surface area contributed by atoms with Gasteiger partial charge in [0.05, 0.1) is 6.54 Å². The fourth-order valence-corrected chi connectivity index (χ4v) is 5.42. The predicted octanol–water partition coefficient (Wildman–Crippen LogP) is 2.29. The molecule has 3 aromatic heterocycles. The number of alkyl halides is 3. The van der Waals surface area contributed by atoms with Crippen molar-refractivity contribution in [1.82, 2.24) is 39.3 Å². The molecule has 3 N–H and O–H groups in total. The van der Waals surface area contributed by atoms with Crippen LogP contribution in [-0.2, 0) is 4.79 Å². The van der Waals surface area contributed by atoms with Crippen LogP contribution in [0.15, 0.2) is 11.6 Å². The maximum absolute atomic E-state index is 13.6. The van der Waals surface area contributed by atoms with Crippen LogP contribution < -0.4 is 11.1 Å². The molecule has 1 atom stereocenters. The Balaban J connectivity index is 1.35. The van der Waals surface area contributed by atoms with Gasteiger partial charge in [0.1, 0.15) is 6.04 Å². The molecule has 1 saturated heterocycles. The maximum atomic E-state index is 13.6. The number of halogens is 3. The lowest BCUT2D eigenvalue weighted by atomic mass is 9.83. The van der Waals surface area contributed by atoms with Crippen LogP contribution in [0.25, 0.3) is 16.6 Å². The van der Waals surface area contributed by atoms with E-state index >= 15 is 0 Å². The second kappa shape index (κ2) is 10.1. The molecule has 36 heavy (non-hydrogen) atoms. The molecule has 1 aliphatic heterocycles. The Bertz CT molecular complexity index is 1190. The lowest BCUT2D eigenvalue weighted by Crippen LogP contribution is -2.55. The summed E-state index contributed by atoms with van der Waals surface area (Å²) in [4.78, 5) is 33.9. The summed E-state index contributed by atoms with van der Waals surface area (Å²) in [6.45, 7) is -0.130. The van der Waals surface area contributed by atoms with Crippen molar-refractivity contribution in [2.45, 2.75) is 44.3 Å².